The lowest BCUT2D eigenvalue weighted by Crippen LogP contribution is -2.47. The summed E-state index contributed by atoms with van der Waals surface area (Å²) in [7, 11) is 3.47. The van der Waals surface area contributed by atoms with E-state index in [1.807, 2.05) is 57.7 Å². The van der Waals surface area contributed by atoms with Crippen molar-refractivity contribution in [2.24, 2.45) is 0 Å². The highest BCUT2D eigenvalue weighted by Crippen LogP contribution is 2.36. The maximum absolute atomic E-state index is 13.2. The van der Waals surface area contributed by atoms with E-state index in [0.29, 0.717) is 16.4 Å². The van der Waals surface area contributed by atoms with E-state index in [-0.39, 0.29) is 17.3 Å². The molecule has 0 aliphatic carbocycles. The van der Waals surface area contributed by atoms with Gasteiger partial charge in [0.25, 0.3) is 5.91 Å². The van der Waals surface area contributed by atoms with Crippen LogP contribution < -0.4 is 0 Å². The van der Waals surface area contributed by atoms with Crippen LogP contribution in [0.5, 0.6) is 0 Å². The largest absolute Gasteiger partial charge is 0.465 e. The van der Waals surface area contributed by atoms with Crippen molar-refractivity contribution in [1.29, 1.82) is 0 Å². The standard InChI is InChI=1S/C36H42N4O3S/c1-24(2)44-31-21-28(20-29(22-31)36(3,4)5)33-23-32(25-8-10-27(11-9-25)35(42)43-7)37-40(33)30-14-12-26(13-15-30)34(41)39-18-16-38(6)17-19-39/h8-15,20-24H,16-19H2,1-7H3. The van der Waals surface area contributed by atoms with Gasteiger partial charge < -0.3 is 14.5 Å². The number of carbonyl (C=O) groups is 2. The van der Waals surface area contributed by atoms with Crippen LogP contribution in [0.3, 0.4) is 0 Å². The third-order valence-corrected chi connectivity index (χ3v) is 8.88. The molecule has 1 saturated heterocycles. The molecule has 0 radical (unpaired) electrons. The van der Waals surface area contributed by atoms with Crippen molar-refractivity contribution in [3.8, 4) is 28.2 Å². The van der Waals surface area contributed by atoms with Crippen molar-refractivity contribution in [3.63, 3.8) is 0 Å². The van der Waals surface area contributed by atoms with Gasteiger partial charge in [-0.25, -0.2) is 9.48 Å². The number of nitrogens with zero attached hydrogens (tertiary/aromatic N) is 4. The molecule has 44 heavy (non-hydrogen) atoms. The Kier molecular flexibility index (Phi) is 9.32. The summed E-state index contributed by atoms with van der Waals surface area (Å²) in [5.74, 6) is -0.312. The molecule has 1 aliphatic heterocycles. The van der Waals surface area contributed by atoms with Crippen LogP contribution >= 0.6 is 11.8 Å². The Morgan fingerprint density at radius 2 is 1.48 bits per heavy atom. The minimum atomic E-state index is -0.372. The third-order valence-electron chi connectivity index (χ3n) is 7.90. The van der Waals surface area contributed by atoms with E-state index in [9.17, 15) is 9.59 Å². The SMILES string of the molecule is COC(=O)c1ccc(-c2cc(-c3cc(SC(C)C)cc(C(C)(C)C)c3)n(-c3ccc(C(=O)N4CCN(C)CC4)cc3)n2)cc1. The number of piperazine rings is 1. The molecular formula is C36H42N4O3S. The highest BCUT2D eigenvalue weighted by atomic mass is 32.2. The number of rotatable bonds is 7. The van der Waals surface area contributed by atoms with Gasteiger partial charge in [-0.05, 0) is 78.7 Å². The predicted octanol–water partition coefficient (Wildman–Crippen LogP) is 7.18. The Balaban J connectivity index is 1.59. The first-order valence-corrected chi connectivity index (χ1v) is 16.0. The number of esters is 1. The Morgan fingerprint density at radius 1 is 0.841 bits per heavy atom. The minimum Gasteiger partial charge on any atom is -0.465 e. The van der Waals surface area contributed by atoms with Gasteiger partial charge in [0.1, 0.15) is 0 Å². The van der Waals surface area contributed by atoms with Gasteiger partial charge in [0.15, 0.2) is 0 Å². The van der Waals surface area contributed by atoms with Gasteiger partial charge in [-0.2, -0.15) is 5.10 Å². The highest BCUT2D eigenvalue weighted by Gasteiger charge is 2.22. The summed E-state index contributed by atoms with van der Waals surface area (Å²) in [5.41, 5.74) is 6.95. The summed E-state index contributed by atoms with van der Waals surface area (Å²) in [5, 5.41) is 5.51. The number of benzene rings is 3. The summed E-state index contributed by atoms with van der Waals surface area (Å²) in [4.78, 5) is 30.6. The zero-order valence-corrected chi connectivity index (χ0v) is 27.6. The summed E-state index contributed by atoms with van der Waals surface area (Å²) in [6, 6.07) is 23.9. The van der Waals surface area contributed by atoms with Crippen LogP contribution in [0.4, 0.5) is 0 Å². The zero-order valence-electron chi connectivity index (χ0n) is 26.8. The van der Waals surface area contributed by atoms with Gasteiger partial charge in [0.2, 0.25) is 0 Å². The monoisotopic (exact) mass is 610 g/mol. The molecule has 5 rings (SSSR count). The van der Waals surface area contributed by atoms with Gasteiger partial charge in [-0.1, -0.05) is 46.8 Å². The number of hydrogen-bond donors (Lipinski definition) is 0. The van der Waals surface area contributed by atoms with Crippen LogP contribution in [0.2, 0.25) is 0 Å². The average Bonchev–Trinajstić information content (AvgIpc) is 3.46. The maximum Gasteiger partial charge on any atom is 0.337 e. The Labute approximate surface area is 265 Å². The molecule has 4 aromatic rings. The molecule has 0 atom stereocenters. The van der Waals surface area contributed by atoms with E-state index in [2.05, 4.69) is 70.8 Å². The van der Waals surface area contributed by atoms with E-state index < -0.39 is 0 Å². The molecule has 1 aliphatic rings. The second-order valence-corrected chi connectivity index (χ2v) is 14.4. The lowest BCUT2D eigenvalue weighted by atomic mass is 9.86. The maximum atomic E-state index is 13.2. The summed E-state index contributed by atoms with van der Waals surface area (Å²) >= 11 is 1.85. The number of amides is 1. The lowest BCUT2D eigenvalue weighted by molar-refractivity contribution is 0.0600. The van der Waals surface area contributed by atoms with Crippen LogP contribution in [0.15, 0.2) is 77.7 Å². The van der Waals surface area contributed by atoms with E-state index in [0.717, 1.165) is 54.4 Å². The second kappa shape index (κ2) is 13.0. The van der Waals surface area contributed by atoms with Crippen LogP contribution in [0, 0.1) is 0 Å². The Hall–Kier alpha value is -3.88. The number of aromatic nitrogens is 2. The van der Waals surface area contributed by atoms with Crippen molar-refractivity contribution in [1.82, 2.24) is 19.6 Å². The molecule has 0 N–H and O–H groups in total. The van der Waals surface area contributed by atoms with Crippen molar-refractivity contribution in [2.75, 3.05) is 40.3 Å². The first-order chi connectivity index (χ1) is 20.9. The minimum absolute atomic E-state index is 0.0367. The van der Waals surface area contributed by atoms with E-state index in [1.165, 1.54) is 17.6 Å². The quantitative estimate of drug-likeness (QED) is 0.163. The molecule has 1 fully saturated rings. The number of thioether (sulfide) groups is 1. The van der Waals surface area contributed by atoms with Gasteiger partial charge >= 0.3 is 5.97 Å². The highest BCUT2D eigenvalue weighted by molar-refractivity contribution is 7.99. The number of carbonyl (C=O) groups excluding carboxylic acids is 2. The fraction of sp³-hybridized carbons (Fsp3) is 0.361. The van der Waals surface area contributed by atoms with Crippen molar-refractivity contribution in [3.05, 3.63) is 89.5 Å². The molecule has 1 aromatic heterocycles. The molecule has 8 heteroatoms. The van der Waals surface area contributed by atoms with Crippen molar-refractivity contribution >= 4 is 23.6 Å². The Bertz CT molecular complexity index is 1630. The molecule has 0 bridgehead atoms. The smallest absolute Gasteiger partial charge is 0.337 e. The van der Waals surface area contributed by atoms with E-state index >= 15 is 0 Å². The average molecular weight is 611 g/mol. The number of likely N-dealkylation sites (N-methyl/N-ethyl adjacent to an activating group) is 1. The van der Waals surface area contributed by atoms with Crippen LogP contribution in [0.25, 0.3) is 28.2 Å². The number of methoxy groups -OCH3 is 1. The van der Waals surface area contributed by atoms with Crippen LogP contribution in [0.1, 0.15) is 60.9 Å². The predicted molar refractivity (Wildman–Crippen MR) is 179 cm³/mol. The normalized spacial score (nSPS) is 14.2. The third kappa shape index (κ3) is 7.08. The van der Waals surface area contributed by atoms with Crippen LogP contribution in [-0.2, 0) is 10.2 Å². The first-order valence-electron chi connectivity index (χ1n) is 15.1. The Morgan fingerprint density at radius 3 is 2.07 bits per heavy atom. The molecular weight excluding hydrogens is 568 g/mol. The van der Waals surface area contributed by atoms with E-state index in [1.54, 1.807) is 12.1 Å². The molecule has 7 nitrogen and oxygen atoms in total. The first kappa shape index (κ1) is 31.5. The van der Waals surface area contributed by atoms with Gasteiger partial charge in [0.05, 0.1) is 29.7 Å². The molecule has 2 heterocycles. The zero-order chi connectivity index (χ0) is 31.6. The molecule has 230 valence electrons. The molecule has 1 amide bonds. The van der Waals surface area contributed by atoms with Crippen molar-refractivity contribution in [2.45, 2.75) is 50.2 Å². The topological polar surface area (TPSA) is 67.7 Å². The van der Waals surface area contributed by atoms with Gasteiger partial charge in [-0.3, -0.25) is 4.79 Å². The fourth-order valence-electron chi connectivity index (χ4n) is 5.28. The fourth-order valence-corrected chi connectivity index (χ4v) is 6.21. The van der Waals surface area contributed by atoms with E-state index in [4.69, 9.17) is 9.84 Å². The van der Waals surface area contributed by atoms with Crippen LogP contribution in [-0.4, -0.2) is 77.0 Å². The van der Waals surface area contributed by atoms with Gasteiger partial charge in [-0.15, -0.1) is 11.8 Å². The molecule has 3 aromatic carbocycles. The summed E-state index contributed by atoms with van der Waals surface area (Å²) in [6.45, 7) is 14.4. The lowest BCUT2D eigenvalue weighted by Gasteiger charge is -2.32. The number of hydrogen-bond acceptors (Lipinski definition) is 6. The molecule has 0 spiro atoms. The molecule has 0 unspecified atom stereocenters. The summed E-state index contributed by atoms with van der Waals surface area (Å²) in [6.07, 6.45) is 0. The van der Waals surface area contributed by atoms with Crippen molar-refractivity contribution < 1.29 is 14.3 Å². The molecule has 0 saturated carbocycles. The van der Waals surface area contributed by atoms with Gasteiger partial charge in [0, 0.05) is 53.0 Å². The number of ether oxygens (including phenoxy) is 1. The second-order valence-electron chi connectivity index (χ2n) is 12.7. The summed E-state index contributed by atoms with van der Waals surface area (Å²) < 4.78 is 6.84.